The smallest absolute Gasteiger partial charge is 0.162 e. The van der Waals surface area contributed by atoms with Gasteiger partial charge >= 0.3 is 0 Å². The molecule has 2 aromatic carbocycles. The summed E-state index contributed by atoms with van der Waals surface area (Å²) in [6.07, 6.45) is 0. The summed E-state index contributed by atoms with van der Waals surface area (Å²) in [5.74, 6) is 1.19. The van der Waals surface area contributed by atoms with Crippen LogP contribution in [0.3, 0.4) is 0 Å². The first-order chi connectivity index (χ1) is 9.22. The second kappa shape index (κ2) is 6.26. The third-order valence-corrected chi connectivity index (χ3v) is 3.07. The zero-order valence-corrected chi connectivity index (χ0v) is 12.0. The van der Waals surface area contributed by atoms with E-state index in [0.29, 0.717) is 23.7 Å². The van der Waals surface area contributed by atoms with Crippen molar-refractivity contribution in [2.24, 2.45) is 0 Å². The highest BCUT2D eigenvalue weighted by Crippen LogP contribution is 2.28. The molecule has 2 rings (SSSR count). The average molecular weight is 318 g/mol. The van der Waals surface area contributed by atoms with Gasteiger partial charge in [-0.1, -0.05) is 28.1 Å². The largest absolute Gasteiger partial charge is 0.493 e. The molecule has 0 aliphatic carbocycles. The monoisotopic (exact) mass is 317 g/mol. The van der Waals surface area contributed by atoms with Crippen molar-refractivity contribution in [3.63, 3.8) is 0 Å². The molecule has 0 heterocycles. The Balaban J connectivity index is 2.13. The SMILES string of the molecule is COc1cc(C#N)ccc1OCc1cccc(Br)c1. The van der Waals surface area contributed by atoms with Crippen LogP contribution in [0.2, 0.25) is 0 Å². The number of benzene rings is 2. The summed E-state index contributed by atoms with van der Waals surface area (Å²) in [6.45, 7) is 0.446. The van der Waals surface area contributed by atoms with Crippen LogP contribution in [-0.2, 0) is 6.61 Å². The molecular formula is C15H12BrNO2. The van der Waals surface area contributed by atoms with Gasteiger partial charge in [-0.25, -0.2) is 0 Å². The first-order valence-electron chi connectivity index (χ1n) is 5.68. The lowest BCUT2D eigenvalue weighted by Gasteiger charge is -2.11. The van der Waals surface area contributed by atoms with E-state index < -0.39 is 0 Å². The second-order valence-electron chi connectivity index (χ2n) is 3.90. The van der Waals surface area contributed by atoms with E-state index in [1.807, 2.05) is 24.3 Å². The Bertz CT molecular complexity index is 620. The molecule has 0 bridgehead atoms. The highest BCUT2D eigenvalue weighted by molar-refractivity contribution is 9.10. The predicted molar refractivity (Wildman–Crippen MR) is 76.2 cm³/mol. The van der Waals surface area contributed by atoms with E-state index in [2.05, 4.69) is 22.0 Å². The Morgan fingerprint density at radius 3 is 2.68 bits per heavy atom. The maximum atomic E-state index is 8.84. The molecule has 19 heavy (non-hydrogen) atoms. The third-order valence-electron chi connectivity index (χ3n) is 2.58. The van der Waals surface area contributed by atoms with Crippen LogP contribution >= 0.6 is 15.9 Å². The first kappa shape index (κ1) is 13.4. The fraction of sp³-hybridized carbons (Fsp3) is 0.133. The highest BCUT2D eigenvalue weighted by Gasteiger charge is 2.06. The molecule has 0 aromatic heterocycles. The van der Waals surface area contributed by atoms with Crippen molar-refractivity contribution in [3.8, 4) is 17.6 Å². The van der Waals surface area contributed by atoms with Crippen molar-refractivity contribution in [1.82, 2.24) is 0 Å². The van der Waals surface area contributed by atoms with Gasteiger partial charge in [0.15, 0.2) is 11.5 Å². The highest BCUT2D eigenvalue weighted by atomic mass is 79.9. The summed E-state index contributed by atoms with van der Waals surface area (Å²) in [4.78, 5) is 0. The lowest BCUT2D eigenvalue weighted by Crippen LogP contribution is -1.98. The summed E-state index contributed by atoms with van der Waals surface area (Å²) in [5.41, 5.74) is 1.60. The Kier molecular flexibility index (Phi) is 4.43. The number of methoxy groups -OCH3 is 1. The van der Waals surface area contributed by atoms with Gasteiger partial charge < -0.3 is 9.47 Å². The van der Waals surface area contributed by atoms with E-state index in [1.54, 1.807) is 25.3 Å². The molecule has 0 atom stereocenters. The number of nitriles is 1. The molecule has 0 unspecified atom stereocenters. The van der Waals surface area contributed by atoms with Crippen LogP contribution in [0.1, 0.15) is 11.1 Å². The number of halogens is 1. The van der Waals surface area contributed by atoms with Crippen LogP contribution in [0.4, 0.5) is 0 Å². The van der Waals surface area contributed by atoms with Gasteiger partial charge in [-0.05, 0) is 29.8 Å². The zero-order chi connectivity index (χ0) is 13.7. The maximum absolute atomic E-state index is 8.84. The van der Waals surface area contributed by atoms with Gasteiger partial charge in [0.2, 0.25) is 0 Å². The van der Waals surface area contributed by atoms with Gasteiger partial charge in [-0.3, -0.25) is 0 Å². The molecule has 0 fully saturated rings. The van der Waals surface area contributed by atoms with Crippen LogP contribution in [-0.4, -0.2) is 7.11 Å². The number of rotatable bonds is 4. The normalized spacial score (nSPS) is 9.74. The van der Waals surface area contributed by atoms with Crippen molar-refractivity contribution in [3.05, 3.63) is 58.1 Å². The van der Waals surface area contributed by atoms with Crippen molar-refractivity contribution >= 4 is 15.9 Å². The molecule has 0 spiro atoms. The minimum absolute atomic E-state index is 0.446. The van der Waals surface area contributed by atoms with E-state index in [-0.39, 0.29) is 0 Å². The van der Waals surface area contributed by atoms with E-state index in [9.17, 15) is 0 Å². The quantitative estimate of drug-likeness (QED) is 0.858. The number of ether oxygens (including phenoxy) is 2. The van der Waals surface area contributed by atoms with Gasteiger partial charge in [0.25, 0.3) is 0 Å². The van der Waals surface area contributed by atoms with E-state index in [0.717, 1.165) is 10.0 Å². The van der Waals surface area contributed by atoms with Crippen molar-refractivity contribution < 1.29 is 9.47 Å². The molecule has 0 N–H and O–H groups in total. The minimum atomic E-state index is 0.446. The predicted octanol–water partition coefficient (Wildman–Crippen LogP) is 3.91. The van der Waals surface area contributed by atoms with Crippen LogP contribution in [0.25, 0.3) is 0 Å². The van der Waals surface area contributed by atoms with Crippen LogP contribution in [0.5, 0.6) is 11.5 Å². The molecule has 2 aromatic rings. The third kappa shape index (κ3) is 3.49. The number of nitrogens with zero attached hydrogens (tertiary/aromatic N) is 1. The van der Waals surface area contributed by atoms with Crippen LogP contribution in [0.15, 0.2) is 46.9 Å². The van der Waals surface area contributed by atoms with E-state index in [1.165, 1.54) is 0 Å². The Labute approximate surface area is 120 Å². The van der Waals surface area contributed by atoms with Gasteiger partial charge in [-0.2, -0.15) is 5.26 Å². The Hall–Kier alpha value is -1.99. The average Bonchev–Trinajstić information content (AvgIpc) is 2.45. The molecule has 4 heteroatoms. The topological polar surface area (TPSA) is 42.2 Å². The minimum Gasteiger partial charge on any atom is -0.493 e. The molecule has 0 radical (unpaired) electrons. The van der Waals surface area contributed by atoms with Crippen molar-refractivity contribution in [2.75, 3.05) is 7.11 Å². The van der Waals surface area contributed by atoms with Crippen molar-refractivity contribution in [1.29, 1.82) is 5.26 Å². The van der Waals surface area contributed by atoms with Gasteiger partial charge in [0.05, 0.1) is 18.7 Å². The van der Waals surface area contributed by atoms with Crippen molar-refractivity contribution in [2.45, 2.75) is 6.61 Å². The Morgan fingerprint density at radius 2 is 2.00 bits per heavy atom. The summed E-state index contributed by atoms with van der Waals surface area (Å²) in [6, 6.07) is 15.1. The summed E-state index contributed by atoms with van der Waals surface area (Å²) >= 11 is 3.42. The molecule has 0 amide bonds. The van der Waals surface area contributed by atoms with Crippen LogP contribution in [0, 0.1) is 11.3 Å². The van der Waals surface area contributed by atoms with Gasteiger partial charge in [-0.15, -0.1) is 0 Å². The van der Waals surface area contributed by atoms with Gasteiger partial charge in [0.1, 0.15) is 6.61 Å². The molecule has 0 aliphatic rings. The molecule has 0 saturated carbocycles. The summed E-state index contributed by atoms with van der Waals surface area (Å²) in [7, 11) is 1.56. The fourth-order valence-electron chi connectivity index (χ4n) is 1.64. The lowest BCUT2D eigenvalue weighted by molar-refractivity contribution is 0.284. The van der Waals surface area contributed by atoms with Gasteiger partial charge in [0, 0.05) is 10.5 Å². The molecular weight excluding hydrogens is 306 g/mol. The molecule has 0 aliphatic heterocycles. The molecule has 3 nitrogen and oxygen atoms in total. The first-order valence-corrected chi connectivity index (χ1v) is 6.47. The fourth-order valence-corrected chi connectivity index (χ4v) is 2.09. The summed E-state index contributed by atoms with van der Waals surface area (Å²) < 4.78 is 11.9. The number of hydrogen-bond donors (Lipinski definition) is 0. The number of hydrogen-bond acceptors (Lipinski definition) is 3. The second-order valence-corrected chi connectivity index (χ2v) is 4.81. The molecule has 0 saturated heterocycles. The summed E-state index contributed by atoms with van der Waals surface area (Å²) in [5, 5.41) is 8.84. The standard InChI is InChI=1S/C15H12BrNO2/c1-18-15-8-11(9-17)5-6-14(15)19-10-12-3-2-4-13(16)7-12/h2-8H,10H2,1H3. The van der Waals surface area contributed by atoms with E-state index in [4.69, 9.17) is 14.7 Å². The van der Waals surface area contributed by atoms with Crippen LogP contribution < -0.4 is 9.47 Å². The Morgan fingerprint density at radius 1 is 1.16 bits per heavy atom. The maximum Gasteiger partial charge on any atom is 0.162 e. The zero-order valence-electron chi connectivity index (χ0n) is 10.4. The lowest BCUT2D eigenvalue weighted by atomic mass is 10.2. The molecule has 96 valence electrons. The van der Waals surface area contributed by atoms with E-state index >= 15 is 0 Å².